The number of fused-ring (bicyclic) bond motifs is 1. The van der Waals surface area contributed by atoms with Gasteiger partial charge in [-0.3, -0.25) is 9.36 Å². The minimum absolute atomic E-state index is 0.0295. The molecule has 1 aromatic carbocycles. The third kappa shape index (κ3) is 5.01. The number of anilines is 2. The summed E-state index contributed by atoms with van der Waals surface area (Å²) in [6, 6.07) is 8.88. The molecule has 0 spiro atoms. The Balaban J connectivity index is 1.32. The second-order valence-corrected chi connectivity index (χ2v) is 10.3. The number of ether oxygens (including phenoxy) is 1. The molecule has 0 bridgehead atoms. The Bertz CT molecular complexity index is 1330. The molecule has 3 saturated heterocycles. The first-order valence-corrected chi connectivity index (χ1v) is 13.4. The fourth-order valence-electron chi connectivity index (χ4n) is 5.59. The Morgan fingerprint density at radius 1 is 1.00 bits per heavy atom. The molecule has 1 atom stereocenters. The van der Waals surface area contributed by atoms with Gasteiger partial charge in [-0.1, -0.05) is 12.1 Å². The molecule has 208 valence electrons. The van der Waals surface area contributed by atoms with Crippen molar-refractivity contribution in [1.29, 1.82) is 0 Å². The Morgan fingerprint density at radius 3 is 2.36 bits per heavy atom. The van der Waals surface area contributed by atoms with Gasteiger partial charge < -0.3 is 30.5 Å². The van der Waals surface area contributed by atoms with Crippen LogP contribution in [0.1, 0.15) is 25.1 Å². The van der Waals surface area contributed by atoms with Gasteiger partial charge in [0.1, 0.15) is 17.2 Å². The van der Waals surface area contributed by atoms with Gasteiger partial charge in [0, 0.05) is 51.9 Å². The standard InChI is InChI=1S/C26H33F2N9O2/c27-22(28)23-31-18-4-1-2-5-19(18)37(23)25-32-20(16-21(33-25)35-12-14-39-15-13-35)34-8-10-36(11-9-34)24(38)26(29)6-3-7-30-17-26/h1-2,4-5,16,22,30H,3,6-15,17,29H2. The first-order valence-electron chi connectivity index (χ1n) is 13.4. The summed E-state index contributed by atoms with van der Waals surface area (Å²) in [7, 11) is 0. The third-order valence-electron chi connectivity index (χ3n) is 7.74. The highest BCUT2D eigenvalue weighted by Crippen LogP contribution is 2.30. The zero-order chi connectivity index (χ0) is 27.0. The molecule has 3 aromatic rings. The number of alkyl halides is 2. The first-order chi connectivity index (χ1) is 18.9. The van der Waals surface area contributed by atoms with Crippen molar-refractivity contribution in [2.45, 2.75) is 24.8 Å². The number of piperidine rings is 1. The maximum atomic E-state index is 14.1. The summed E-state index contributed by atoms with van der Waals surface area (Å²) in [5, 5.41) is 3.24. The van der Waals surface area contributed by atoms with Crippen molar-refractivity contribution in [1.82, 2.24) is 29.7 Å². The summed E-state index contributed by atoms with van der Waals surface area (Å²) >= 11 is 0. The Morgan fingerprint density at radius 2 is 1.69 bits per heavy atom. The fourth-order valence-corrected chi connectivity index (χ4v) is 5.59. The van der Waals surface area contributed by atoms with Gasteiger partial charge in [-0.2, -0.15) is 9.97 Å². The van der Waals surface area contributed by atoms with Crippen molar-refractivity contribution in [3.63, 3.8) is 0 Å². The Kier molecular flexibility index (Phi) is 7.04. The molecule has 3 aliphatic heterocycles. The van der Waals surface area contributed by atoms with E-state index in [9.17, 15) is 13.6 Å². The SMILES string of the molecule is NC1(C(=O)N2CCN(c3cc(N4CCOCC4)nc(-n4c(C(F)F)nc5ccccc54)n3)CC2)CCCNC1. The minimum atomic E-state index is -2.80. The molecule has 3 aliphatic rings. The number of imidazole rings is 1. The Labute approximate surface area is 224 Å². The van der Waals surface area contributed by atoms with Gasteiger partial charge >= 0.3 is 0 Å². The quantitative estimate of drug-likeness (QED) is 0.493. The second kappa shape index (κ2) is 10.6. The molecule has 2 aromatic heterocycles. The number of para-hydroxylation sites is 2. The van der Waals surface area contributed by atoms with Crippen LogP contribution in [0, 0.1) is 0 Å². The molecule has 0 saturated carbocycles. The van der Waals surface area contributed by atoms with E-state index in [1.807, 2.05) is 11.0 Å². The van der Waals surface area contributed by atoms with Crippen molar-refractivity contribution in [3.05, 3.63) is 36.2 Å². The lowest BCUT2D eigenvalue weighted by Crippen LogP contribution is -2.65. The van der Waals surface area contributed by atoms with E-state index in [2.05, 4.69) is 20.1 Å². The predicted molar refractivity (Wildman–Crippen MR) is 142 cm³/mol. The van der Waals surface area contributed by atoms with Crippen LogP contribution in [-0.4, -0.2) is 101 Å². The zero-order valence-corrected chi connectivity index (χ0v) is 21.7. The number of hydrogen-bond acceptors (Lipinski definition) is 9. The van der Waals surface area contributed by atoms with Crippen molar-refractivity contribution < 1.29 is 18.3 Å². The number of nitrogens with zero attached hydrogens (tertiary/aromatic N) is 7. The van der Waals surface area contributed by atoms with Gasteiger partial charge in [-0.25, -0.2) is 13.8 Å². The number of piperazine rings is 1. The summed E-state index contributed by atoms with van der Waals surface area (Å²) < 4.78 is 35.1. The number of morpholine rings is 1. The number of nitrogens with two attached hydrogens (primary N) is 1. The highest BCUT2D eigenvalue weighted by molar-refractivity contribution is 5.87. The van der Waals surface area contributed by atoms with E-state index in [1.165, 1.54) is 4.57 Å². The zero-order valence-electron chi connectivity index (χ0n) is 21.7. The molecular weight excluding hydrogens is 508 g/mol. The normalized spacial score (nSPS) is 22.6. The average Bonchev–Trinajstić information content (AvgIpc) is 3.38. The van der Waals surface area contributed by atoms with E-state index < -0.39 is 17.8 Å². The minimum Gasteiger partial charge on any atom is -0.378 e. The third-order valence-corrected chi connectivity index (χ3v) is 7.74. The number of hydrogen-bond donors (Lipinski definition) is 2. The number of benzene rings is 1. The van der Waals surface area contributed by atoms with Gasteiger partial charge in [-0.05, 0) is 31.5 Å². The van der Waals surface area contributed by atoms with E-state index in [0.29, 0.717) is 88.1 Å². The van der Waals surface area contributed by atoms with Gasteiger partial charge in [0.25, 0.3) is 6.43 Å². The van der Waals surface area contributed by atoms with E-state index in [1.54, 1.807) is 24.3 Å². The lowest BCUT2D eigenvalue weighted by Gasteiger charge is -2.41. The predicted octanol–water partition coefficient (Wildman–Crippen LogP) is 1.32. The number of amides is 1. The topological polar surface area (TPSA) is 118 Å². The van der Waals surface area contributed by atoms with Gasteiger partial charge in [0.05, 0.1) is 24.2 Å². The number of halogens is 2. The van der Waals surface area contributed by atoms with Gasteiger partial charge in [0.15, 0.2) is 5.82 Å². The van der Waals surface area contributed by atoms with Crippen LogP contribution in [0.25, 0.3) is 17.0 Å². The molecule has 13 heteroatoms. The highest BCUT2D eigenvalue weighted by Gasteiger charge is 2.39. The maximum absolute atomic E-state index is 14.1. The van der Waals surface area contributed by atoms with Gasteiger partial charge in [0.2, 0.25) is 11.9 Å². The smallest absolute Gasteiger partial charge is 0.296 e. The van der Waals surface area contributed by atoms with Crippen LogP contribution in [0.4, 0.5) is 20.4 Å². The molecule has 6 rings (SSSR count). The summed E-state index contributed by atoms with van der Waals surface area (Å²) in [5.74, 6) is 0.979. The second-order valence-electron chi connectivity index (χ2n) is 10.3. The summed E-state index contributed by atoms with van der Waals surface area (Å²) in [6.45, 7) is 5.83. The molecule has 1 amide bonds. The van der Waals surface area contributed by atoms with E-state index in [4.69, 9.17) is 20.4 Å². The molecule has 39 heavy (non-hydrogen) atoms. The lowest BCUT2D eigenvalue weighted by atomic mass is 9.89. The van der Waals surface area contributed by atoms with Crippen LogP contribution < -0.4 is 20.9 Å². The maximum Gasteiger partial charge on any atom is 0.296 e. The molecule has 0 radical (unpaired) electrons. The number of nitrogens with one attached hydrogen (secondary N) is 1. The van der Waals surface area contributed by atoms with Gasteiger partial charge in [-0.15, -0.1) is 0 Å². The molecule has 3 N–H and O–H groups in total. The molecule has 0 aliphatic carbocycles. The van der Waals surface area contributed by atoms with Crippen molar-refractivity contribution in [2.24, 2.45) is 5.73 Å². The summed E-state index contributed by atoms with van der Waals surface area (Å²) in [6.07, 6.45) is -1.26. The van der Waals surface area contributed by atoms with Crippen LogP contribution in [-0.2, 0) is 9.53 Å². The lowest BCUT2D eigenvalue weighted by molar-refractivity contribution is -0.138. The number of aromatic nitrogens is 4. The van der Waals surface area contributed by atoms with Crippen molar-refractivity contribution in [2.75, 3.05) is 75.4 Å². The molecule has 5 heterocycles. The molecule has 3 fully saturated rings. The van der Waals surface area contributed by atoms with Crippen molar-refractivity contribution >= 4 is 28.6 Å². The summed E-state index contributed by atoms with van der Waals surface area (Å²) in [4.78, 5) is 32.9. The molecule has 1 unspecified atom stereocenters. The largest absolute Gasteiger partial charge is 0.378 e. The molecular formula is C26H33F2N9O2. The van der Waals surface area contributed by atoms with Crippen LogP contribution in [0.5, 0.6) is 0 Å². The van der Waals surface area contributed by atoms with E-state index >= 15 is 0 Å². The Hall–Kier alpha value is -3.42. The number of rotatable bonds is 5. The highest BCUT2D eigenvalue weighted by atomic mass is 19.3. The monoisotopic (exact) mass is 541 g/mol. The van der Waals surface area contributed by atoms with Crippen LogP contribution in [0.15, 0.2) is 30.3 Å². The first kappa shape index (κ1) is 25.8. The van der Waals surface area contributed by atoms with Crippen LogP contribution in [0.3, 0.4) is 0 Å². The number of carbonyl (C=O) groups is 1. The van der Waals surface area contributed by atoms with E-state index in [-0.39, 0.29) is 11.9 Å². The summed E-state index contributed by atoms with van der Waals surface area (Å²) in [5.41, 5.74) is 6.56. The van der Waals surface area contributed by atoms with E-state index in [0.717, 1.165) is 13.0 Å². The van der Waals surface area contributed by atoms with Crippen LogP contribution in [0.2, 0.25) is 0 Å². The fraction of sp³-hybridized carbons (Fsp3) is 0.538. The molecule has 11 nitrogen and oxygen atoms in total. The van der Waals surface area contributed by atoms with Crippen LogP contribution >= 0.6 is 0 Å². The van der Waals surface area contributed by atoms with Crippen molar-refractivity contribution in [3.8, 4) is 5.95 Å². The average molecular weight is 542 g/mol. The number of carbonyl (C=O) groups excluding carboxylic acids is 1.